The van der Waals surface area contributed by atoms with Gasteiger partial charge in [0.25, 0.3) is 0 Å². The second-order valence-corrected chi connectivity index (χ2v) is 4.04. The van der Waals surface area contributed by atoms with Crippen LogP contribution in [0.4, 0.5) is 0 Å². The van der Waals surface area contributed by atoms with Gasteiger partial charge in [-0.05, 0) is 12.8 Å². The van der Waals surface area contributed by atoms with Crippen LogP contribution in [0, 0.1) is 11.8 Å². The maximum absolute atomic E-state index is 3.27. The highest BCUT2D eigenvalue weighted by Gasteiger charge is 1.93. The molecule has 0 heterocycles. The summed E-state index contributed by atoms with van der Waals surface area (Å²) in [7, 11) is 0. The molecule has 0 amide bonds. The summed E-state index contributed by atoms with van der Waals surface area (Å²) in [6.07, 6.45) is 15.0. The summed E-state index contributed by atoms with van der Waals surface area (Å²) >= 11 is 0. The molecule has 13 heavy (non-hydrogen) atoms. The van der Waals surface area contributed by atoms with Crippen molar-refractivity contribution < 1.29 is 0 Å². The van der Waals surface area contributed by atoms with E-state index in [9.17, 15) is 0 Å². The Morgan fingerprint density at radius 1 is 0.385 bits per heavy atom. The third-order valence-corrected chi connectivity index (χ3v) is 2.73. The van der Waals surface area contributed by atoms with Gasteiger partial charge in [0.15, 0.2) is 0 Å². The molecule has 0 N–H and O–H groups in total. The van der Waals surface area contributed by atoms with E-state index in [1.54, 1.807) is 0 Å². The van der Waals surface area contributed by atoms with Crippen molar-refractivity contribution in [2.75, 3.05) is 0 Å². The predicted octanol–water partition coefficient (Wildman–Crippen LogP) is 4.29. The fourth-order valence-electron chi connectivity index (χ4n) is 1.84. The average Bonchev–Trinajstić information content (AvgIpc) is 2.18. The third kappa shape index (κ3) is 6.70. The molecular weight excluding hydrogens is 156 g/mol. The van der Waals surface area contributed by atoms with Crippen molar-refractivity contribution in [2.45, 2.75) is 70.6 Å². The Kier molecular flexibility index (Phi) is 6.69. The van der Waals surface area contributed by atoms with Crippen molar-refractivity contribution in [2.24, 2.45) is 0 Å². The average molecular weight is 178 g/mol. The standard InChI is InChI=1S/C13H22/c1-2-4-6-8-10-12-13-11-9-7-5-3-1/h1-11H2. The highest BCUT2D eigenvalue weighted by molar-refractivity contribution is 4.98. The first kappa shape index (κ1) is 10.6. The third-order valence-electron chi connectivity index (χ3n) is 2.73. The van der Waals surface area contributed by atoms with E-state index in [2.05, 4.69) is 11.8 Å². The highest BCUT2D eigenvalue weighted by Crippen LogP contribution is 2.11. The predicted molar refractivity (Wildman–Crippen MR) is 58.6 cm³/mol. The molecule has 0 aromatic heterocycles. The van der Waals surface area contributed by atoms with E-state index in [1.165, 1.54) is 57.8 Å². The molecule has 0 atom stereocenters. The van der Waals surface area contributed by atoms with E-state index in [0.29, 0.717) is 0 Å². The first-order chi connectivity index (χ1) is 6.50. The van der Waals surface area contributed by atoms with Crippen LogP contribution in [0.5, 0.6) is 0 Å². The number of hydrogen-bond acceptors (Lipinski definition) is 0. The minimum Gasteiger partial charge on any atom is -0.103 e. The number of rotatable bonds is 0. The van der Waals surface area contributed by atoms with Crippen LogP contribution in [0.1, 0.15) is 70.6 Å². The lowest BCUT2D eigenvalue weighted by molar-refractivity contribution is 0.565. The van der Waals surface area contributed by atoms with Crippen molar-refractivity contribution in [1.82, 2.24) is 0 Å². The van der Waals surface area contributed by atoms with E-state index < -0.39 is 0 Å². The van der Waals surface area contributed by atoms with Crippen LogP contribution >= 0.6 is 0 Å². The summed E-state index contributed by atoms with van der Waals surface area (Å²) in [4.78, 5) is 0. The molecule has 0 aliphatic heterocycles. The van der Waals surface area contributed by atoms with Crippen molar-refractivity contribution in [3.05, 3.63) is 0 Å². The largest absolute Gasteiger partial charge is 0.103 e. The lowest BCUT2D eigenvalue weighted by atomic mass is 10.1. The quantitative estimate of drug-likeness (QED) is 0.485. The Morgan fingerprint density at radius 2 is 0.692 bits per heavy atom. The minimum atomic E-state index is 1.14. The summed E-state index contributed by atoms with van der Waals surface area (Å²) in [5.74, 6) is 6.55. The normalized spacial score (nSPS) is 21.5. The molecule has 0 radical (unpaired) electrons. The lowest BCUT2D eigenvalue weighted by Crippen LogP contribution is -1.80. The summed E-state index contributed by atoms with van der Waals surface area (Å²) in [6.45, 7) is 0. The first-order valence-corrected chi connectivity index (χ1v) is 5.96. The van der Waals surface area contributed by atoms with Crippen LogP contribution in [0.2, 0.25) is 0 Å². The zero-order valence-corrected chi connectivity index (χ0v) is 8.78. The Hall–Kier alpha value is -0.440. The molecule has 0 bridgehead atoms. The van der Waals surface area contributed by atoms with Crippen LogP contribution in [-0.2, 0) is 0 Å². The van der Waals surface area contributed by atoms with Crippen LogP contribution in [0.15, 0.2) is 0 Å². The van der Waals surface area contributed by atoms with Gasteiger partial charge < -0.3 is 0 Å². The van der Waals surface area contributed by atoms with E-state index in [-0.39, 0.29) is 0 Å². The molecule has 1 aliphatic rings. The number of hydrogen-bond donors (Lipinski definition) is 0. The SMILES string of the molecule is C1#CCCCCCCCCCCC1. The zero-order valence-electron chi connectivity index (χ0n) is 8.78. The molecule has 0 nitrogen and oxygen atoms in total. The van der Waals surface area contributed by atoms with Gasteiger partial charge in [0, 0.05) is 12.8 Å². The fourth-order valence-corrected chi connectivity index (χ4v) is 1.84. The zero-order chi connectivity index (χ0) is 9.19. The molecular formula is C13H22. The lowest BCUT2D eigenvalue weighted by Gasteiger charge is -1.99. The minimum absolute atomic E-state index is 1.14. The summed E-state index contributed by atoms with van der Waals surface area (Å²) < 4.78 is 0. The topological polar surface area (TPSA) is 0 Å². The van der Waals surface area contributed by atoms with Gasteiger partial charge in [-0.1, -0.05) is 44.9 Å². The molecule has 1 aliphatic carbocycles. The van der Waals surface area contributed by atoms with Crippen LogP contribution in [0.25, 0.3) is 0 Å². The van der Waals surface area contributed by atoms with Gasteiger partial charge in [-0.2, -0.15) is 0 Å². The van der Waals surface area contributed by atoms with Crippen LogP contribution in [0.3, 0.4) is 0 Å². The summed E-state index contributed by atoms with van der Waals surface area (Å²) in [6, 6.07) is 0. The molecule has 0 heteroatoms. The van der Waals surface area contributed by atoms with E-state index in [1.807, 2.05) is 0 Å². The highest BCUT2D eigenvalue weighted by atomic mass is 14.0. The maximum atomic E-state index is 3.27. The van der Waals surface area contributed by atoms with E-state index in [0.717, 1.165) is 12.8 Å². The monoisotopic (exact) mass is 178 g/mol. The second kappa shape index (κ2) is 8.17. The van der Waals surface area contributed by atoms with Crippen LogP contribution in [-0.4, -0.2) is 0 Å². The van der Waals surface area contributed by atoms with Gasteiger partial charge in [-0.3, -0.25) is 0 Å². The Balaban J connectivity index is 2.12. The maximum Gasteiger partial charge on any atom is 0.00886 e. The molecule has 1 rings (SSSR count). The Labute approximate surface area is 83.1 Å². The fraction of sp³-hybridized carbons (Fsp3) is 0.846. The van der Waals surface area contributed by atoms with Gasteiger partial charge in [0.1, 0.15) is 0 Å². The molecule has 0 unspecified atom stereocenters. The first-order valence-electron chi connectivity index (χ1n) is 5.96. The smallest absolute Gasteiger partial charge is 0.00886 e. The second-order valence-electron chi connectivity index (χ2n) is 4.04. The van der Waals surface area contributed by atoms with Crippen LogP contribution < -0.4 is 0 Å². The van der Waals surface area contributed by atoms with Gasteiger partial charge in [0.05, 0.1) is 0 Å². The van der Waals surface area contributed by atoms with Gasteiger partial charge >= 0.3 is 0 Å². The molecule has 74 valence electrons. The van der Waals surface area contributed by atoms with Crippen molar-refractivity contribution >= 4 is 0 Å². The molecule has 0 saturated heterocycles. The van der Waals surface area contributed by atoms with Gasteiger partial charge in [-0.15, -0.1) is 11.8 Å². The Morgan fingerprint density at radius 3 is 1.08 bits per heavy atom. The van der Waals surface area contributed by atoms with Gasteiger partial charge in [-0.25, -0.2) is 0 Å². The van der Waals surface area contributed by atoms with Gasteiger partial charge in [0.2, 0.25) is 0 Å². The summed E-state index contributed by atoms with van der Waals surface area (Å²) in [5.41, 5.74) is 0. The molecule has 0 spiro atoms. The summed E-state index contributed by atoms with van der Waals surface area (Å²) in [5, 5.41) is 0. The molecule has 0 fully saturated rings. The Bertz CT molecular complexity index is 143. The van der Waals surface area contributed by atoms with E-state index >= 15 is 0 Å². The molecule has 0 saturated carbocycles. The molecule has 0 aromatic carbocycles. The van der Waals surface area contributed by atoms with Crippen molar-refractivity contribution in [3.8, 4) is 11.8 Å². The van der Waals surface area contributed by atoms with Crippen molar-refractivity contribution in [3.63, 3.8) is 0 Å². The van der Waals surface area contributed by atoms with E-state index in [4.69, 9.17) is 0 Å². The van der Waals surface area contributed by atoms with Crippen molar-refractivity contribution in [1.29, 1.82) is 0 Å². The molecule has 0 aromatic rings.